The lowest BCUT2D eigenvalue weighted by atomic mass is 9.86. The summed E-state index contributed by atoms with van der Waals surface area (Å²) in [5.74, 6) is 2.34. The van der Waals surface area contributed by atoms with E-state index in [1.807, 2.05) is 18.2 Å². The summed E-state index contributed by atoms with van der Waals surface area (Å²) < 4.78 is 11.1. The highest BCUT2D eigenvalue weighted by Crippen LogP contribution is 2.31. The van der Waals surface area contributed by atoms with Gasteiger partial charge in [0.05, 0.1) is 13.7 Å². The summed E-state index contributed by atoms with van der Waals surface area (Å²) >= 11 is 0. The predicted octanol–water partition coefficient (Wildman–Crippen LogP) is 2.75. The van der Waals surface area contributed by atoms with Crippen LogP contribution in [-0.4, -0.2) is 13.7 Å². The third-order valence-electron chi connectivity index (χ3n) is 3.16. The Kier molecular flexibility index (Phi) is 5.59. The quantitative estimate of drug-likeness (QED) is 0.882. The molecule has 3 nitrogen and oxygen atoms in total. The van der Waals surface area contributed by atoms with Gasteiger partial charge in [0.15, 0.2) is 11.5 Å². The Morgan fingerprint density at radius 1 is 1.29 bits per heavy atom. The molecule has 0 spiro atoms. The zero-order valence-corrected chi connectivity index (χ0v) is 11.0. The molecule has 0 unspecified atom stereocenters. The maximum absolute atomic E-state index is 5.77. The largest absolute Gasteiger partial charge is 0.493 e. The number of halogens is 1. The predicted molar refractivity (Wildman–Crippen MR) is 71.0 cm³/mol. The first kappa shape index (κ1) is 14.1. The van der Waals surface area contributed by atoms with E-state index in [1.54, 1.807) is 7.11 Å². The molecule has 2 rings (SSSR count). The van der Waals surface area contributed by atoms with Gasteiger partial charge in [-0.3, -0.25) is 0 Å². The summed E-state index contributed by atoms with van der Waals surface area (Å²) in [5.41, 5.74) is 6.64. The van der Waals surface area contributed by atoms with Crippen molar-refractivity contribution in [3.63, 3.8) is 0 Å². The molecule has 0 saturated heterocycles. The van der Waals surface area contributed by atoms with Crippen LogP contribution in [-0.2, 0) is 6.54 Å². The van der Waals surface area contributed by atoms with Crippen molar-refractivity contribution in [2.75, 3.05) is 13.7 Å². The molecule has 1 saturated carbocycles. The van der Waals surface area contributed by atoms with Crippen molar-refractivity contribution in [1.82, 2.24) is 0 Å². The third kappa shape index (κ3) is 3.51. The highest BCUT2D eigenvalue weighted by atomic mass is 35.5. The van der Waals surface area contributed by atoms with Gasteiger partial charge in [0.2, 0.25) is 0 Å². The van der Waals surface area contributed by atoms with Crippen LogP contribution in [0, 0.1) is 5.92 Å². The van der Waals surface area contributed by atoms with E-state index in [4.69, 9.17) is 15.2 Å². The molecule has 96 valence electrons. The van der Waals surface area contributed by atoms with Gasteiger partial charge in [-0.15, -0.1) is 12.4 Å². The minimum atomic E-state index is 0. The van der Waals surface area contributed by atoms with Crippen molar-refractivity contribution >= 4 is 12.4 Å². The standard InChI is InChI=1S/C13H19NO2.ClH/c1-15-13-7-11(8-14)5-6-12(13)16-9-10-3-2-4-10;/h5-7,10H,2-4,8-9,14H2,1H3;1H. The highest BCUT2D eigenvalue weighted by molar-refractivity contribution is 5.85. The Hall–Kier alpha value is -0.930. The molecule has 0 radical (unpaired) electrons. The summed E-state index contributed by atoms with van der Waals surface area (Å²) in [7, 11) is 1.66. The first-order chi connectivity index (χ1) is 7.83. The Bertz CT molecular complexity index is 353. The fourth-order valence-electron chi connectivity index (χ4n) is 1.83. The fraction of sp³-hybridized carbons (Fsp3) is 0.538. The molecular weight excluding hydrogens is 238 g/mol. The second-order valence-corrected chi connectivity index (χ2v) is 4.30. The van der Waals surface area contributed by atoms with Crippen molar-refractivity contribution in [2.24, 2.45) is 11.7 Å². The van der Waals surface area contributed by atoms with Crippen LogP contribution in [0.3, 0.4) is 0 Å². The molecule has 1 aliphatic carbocycles. The lowest BCUT2D eigenvalue weighted by Gasteiger charge is -2.25. The van der Waals surface area contributed by atoms with Crippen molar-refractivity contribution in [1.29, 1.82) is 0 Å². The molecule has 0 heterocycles. The van der Waals surface area contributed by atoms with Crippen LogP contribution >= 0.6 is 12.4 Å². The summed E-state index contributed by atoms with van der Waals surface area (Å²) in [5, 5.41) is 0. The molecule has 0 aromatic heterocycles. The summed E-state index contributed by atoms with van der Waals surface area (Å²) in [4.78, 5) is 0. The van der Waals surface area contributed by atoms with Gasteiger partial charge in [0, 0.05) is 6.54 Å². The first-order valence-electron chi connectivity index (χ1n) is 5.83. The first-order valence-corrected chi connectivity index (χ1v) is 5.83. The molecule has 0 amide bonds. The van der Waals surface area contributed by atoms with E-state index in [9.17, 15) is 0 Å². The second kappa shape index (κ2) is 6.72. The van der Waals surface area contributed by atoms with E-state index < -0.39 is 0 Å². The summed E-state index contributed by atoms with van der Waals surface area (Å²) in [6.07, 6.45) is 3.93. The number of methoxy groups -OCH3 is 1. The molecule has 1 aromatic rings. The van der Waals surface area contributed by atoms with E-state index >= 15 is 0 Å². The van der Waals surface area contributed by atoms with Crippen molar-refractivity contribution in [3.8, 4) is 11.5 Å². The normalized spacial score (nSPS) is 14.7. The zero-order valence-electron chi connectivity index (χ0n) is 10.1. The van der Waals surface area contributed by atoms with Crippen LogP contribution < -0.4 is 15.2 Å². The molecule has 4 heteroatoms. The van der Waals surface area contributed by atoms with Gasteiger partial charge in [0.25, 0.3) is 0 Å². The Labute approximate surface area is 109 Å². The number of hydrogen-bond donors (Lipinski definition) is 1. The lowest BCUT2D eigenvalue weighted by Crippen LogP contribution is -2.19. The highest BCUT2D eigenvalue weighted by Gasteiger charge is 2.18. The maximum Gasteiger partial charge on any atom is 0.161 e. The topological polar surface area (TPSA) is 44.5 Å². The van der Waals surface area contributed by atoms with Gasteiger partial charge in [-0.05, 0) is 36.5 Å². The average Bonchev–Trinajstić information content (AvgIpc) is 2.27. The Balaban J connectivity index is 0.00000144. The minimum Gasteiger partial charge on any atom is -0.493 e. The Morgan fingerprint density at radius 3 is 2.59 bits per heavy atom. The van der Waals surface area contributed by atoms with E-state index in [0.29, 0.717) is 6.54 Å². The monoisotopic (exact) mass is 257 g/mol. The minimum absolute atomic E-state index is 0. The van der Waals surface area contributed by atoms with Gasteiger partial charge < -0.3 is 15.2 Å². The average molecular weight is 258 g/mol. The van der Waals surface area contributed by atoms with Crippen molar-refractivity contribution < 1.29 is 9.47 Å². The molecule has 1 fully saturated rings. The van der Waals surface area contributed by atoms with Crippen LogP contribution in [0.25, 0.3) is 0 Å². The summed E-state index contributed by atoms with van der Waals surface area (Å²) in [6, 6.07) is 5.87. The molecule has 17 heavy (non-hydrogen) atoms. The molecule has 1 aliphatic rings. The van der Waals surface area contributed by atoms with Crippen LogP contribution in [0.15, 0.2) is 18.2 Å². The number of hydrogen-bond acceptors (Lipinski definition) is 3. The second-order valence-electron chi connectivity index (χ2n) is 4.30. The van der Waals surface area contributed by atoms with Crippen molar-refractivity contribution in [3.05, 3.63) is 23.8 Å². The van der Waals surface area contributed by atoms with Gasteiger partial charge in [-0.1, -0.05) is 12.5 Å². The molecule has 2 N–H and O–H groups in total. The SMILES string of the molecule is COc1cc(CN)ccc1OCC1CCC1.Cl. The van der Waals surface area contributed by atoms with Crippen LogP contribution in [0.4, 0.5) is 0 Å². The van der Waals surface area contributed by atoms with Gasteiger partial charge in [0.1, 0.15) is 0 Å². The Morgan fingerprint density at radius 2 is 2.06 bits per heavy atom. The van der Waals surface area contributed by atoms with Crippen molar-refractivity contribution in [2.45, 2.75) is 25.8 Å². The van der Waals surface area contributed by atoms with E-state index in [-0.39, 0.29) is 12.4 Å². The number of rotatable bonds is 5. The van der Waals surface area contributed by atoms with Gasteiger partial charge in [-0.2, -0.15) is 0 Å². The fourth-order valence-corrected chi connectivity index (χ4v) is 1.83. The molecule has 0 aliphatic heterocycles. The molecule has 0 atom stereocenters. The number of ether oxygens (including phenoxy) is 2. The van der Waals surface area contributed by atoms with E-state index in [0.717, 1.165) is 29.6 Å². The van der Waals surface area contributed by atoms with Gasteiger partial charge in [-0.25, -0.2) is 0 Å². The van der Waals surface area contributed by atoms with Gasteiger partial charge >= 0.3 is 0 Å². The smallest absolute Gasteiger partial charge is 0.161 e. The zero-order chi connectivity index (χ0) is 11.4. The molecule has 0 bridgehead atoms. The third-order valence-corrected chi connectivity index (χ3v) is 3.16. The van der Waals surface area contributed by atoms with Crippen LogP contribution in [0.2, 0.25) is 0 Å². The molecule has 1 aromatic carbocycles. The van der Waals surface area contributed by atoms with E-state index in [2.05, 4.69) is 0 Å². The molecular formula is C13H20ClNO2. The number of nitrogens with two attached hydrogens (primary N) is 1. The van der Waals surface area contributed by atoms with Crippen LogP contribution in [0.5, 0.6) is 11.5 Å². The number of benzene rings is 1. The lowest BCUT2D eigenvalue weighted by molar-refractivity contribution is 0.176. The van der Waals surface area contributed by atoms with Crippen LogP contribution in [0.1, 0.15) is 24.8 Å². The summed E-state index contributed by atoms with van der Waals surface area (Å²) in [6.45, 7) is 1.33. The maximum atomic E-state index is 5.77. The van der Waals surface area contributed by atoms with E-state index in [1.165, 1.54) is 19.3 Å².